The summed E-state index contributed by atoms with van der Waals surface area (Å²) >= 11 is 0. The Morgan fingerprint density at radius 2 is 1.00 bits per heavy atom. The van der Waals surface area contributed by atoms with Gasteiger partial charge in [0.05, 0.1) is 0 Å². The van der Waals surface area contributed by atoms with Crippen LogP contribution in [0.3, 0.4) is 0 Å². The monoisotopic (exact) mass is 352 g/mol. The van der Waals surface area contributed by atoms with Crippen LogP contribution in [0.4, 0.5) is 0 Å². The van der Waals surface area contributed by atoms with Gasteiger partial charge in [-0.3, -0.25) is 0 Å². The third-order valence-corrected chi connectivity index (χ3v) is 10.8. The first-order chi connectivity index (χ1) is 11.7. The van der Waals surface area contributed by atoms with Crippen LogP contribution in [0.2, 0.25) is 10.1 Å². The first-order valence-electron chi connectivity index (χ1n) is 9.20. The molecule has 1 fully saturated rings. The fourth-order valence-electron chi connectivity index (χ4n) is 4.78. The van der Waals surface area contributed by atoms with Crippen LogP contribution in [0.25, 0.3) is 11.1 Å². The molecule has 25 heavy (non-hydrogen) atoms. The van der Waals surface area contributed by atoms with E-state index >= 15 is 0 Å². The second kappa shape index (κ2) is 5.29. The smallest absolute Gasteiger partial charge is 0.350 e. The van der Waals surface area contributed by atoms with Crippen LogP contribution in [-0.4, -0.2) is 8.56 Å². The molecule has 132 valence electrons. The number of benzene rings is 2. The topological polar surface area (TPSA) is 18.5 Å². The fourth-order valence-corrected chi connectivity index (χ4v) is 9.71. The summed E-state index contributed by atoms with van der Waals surface area (Å²) < 4.78 is 14.0. The van der Waals surface area contributed by atoms with E-state index in [1.165, 1.54) is 22.3 Å². The second-order valence-corrected chi connectivity index (χ2v) is 14.1. The third-order valence-electron chi connectivity index (χ3n) is 5.66. The molecule has 1 aliphatic heterocycles. The molecule has 1 heterocycles. The van der Waals surface area contributed by atoms with Gasteiger partial charge in [-0.2, -0.15) is 0 Å². The van der Waals surface area contributed by atoms with Gasteiger partial charge < -0.3 is 8.85 Å². The molecular weight excluding hydrogens is 324 g/mol. The highest BCUT2D eigenvalue weighted by atomic mass is 28.4. The van der Waals surface area contributed by atoms with Crippen LogP contribution >= 0.6 is 0 Å². The van der Waals surface area contributed by atoms with Gasteiger partial charge in [-0.15, -0.1) is 0 Å². The minimum absolute atomic E-state index is 0.00350. The van der Waals surface area contributed by atoms with E-state index in [1.54, 1.807) is 0 Å². The Morgan fingerprint density at radius 3 is 1.36 bits per heavy atom. The minimum atomic E-state index is -2.50. The maximum atomic E-state index is 6.98. The zero-order chi connectivity index (χ0) is 18.0. The van der Waals surface area contributed by atoms with Crippen LogP contribution in [-0.2, 0) is 8.85 Å². The van der Waals surface area contributed by atoms with Crippen LogP contribution < -0.4 is 0 Å². The molecule has 1 saturated heterocycles. The highest BCUT2D eigenvalue weighted by Gasteiger charge is 2.65. The number of fused-ring (bicyclic) bond motifs is 6. The lowest BCUT2D eigenvalue weighted by atomic mass is 9.82. The molecule has 2 atom stereocenters. The van der Waals surface area contributed by atoms with Crippen molar-refractivity contribution in [3.8, 4) is 11.1 Å². The van der Waals surface area contributed by atoms with Crippen LogP contribution in [0.5, 0.6) is 0 Å². The SMILES string of the molecule is CC(C)(C)[Si]1(C(C)(C)C)O[C@@H]2c3ccccc3-c3ccccc3[C@@H]2O1. The molecule has 0 bridgehead atoms. The maximum absolute atomic E-state index is 6.98. The zero-order valence-corrected chi connectivity index (χ0v) is 17.1. The zero-order valence-electron chi connectivity index (χ0n) is 16.1. The largest absolute Gasteiger partial charge is 0.383 e. The van der Waals surface area contributed by atoms with Crippen molar-refractivity contribution in [2.45, 2.75) is 63.8 Å². The molecule has 0 radical (unpaired) electrons. The van der Waals surface area contributed by atoms with E-state index in [0.717, 1.165) is 0 Å². The van der Waals surface area contributed by atoms with Gasteiger partial charge in [0.15, 0.2) is 0 Å². The van der Waals surface area contributed by atoms with Crippen LogP contribution in [0.1, 0.15) is 64.9 Å². The summed E-state index contributed by atoms with van der Waals surface area (Å²) in [4.78, 5) is 0. The van der Waals surface area contributed by atoms with Crippen molar-refractivity contribution in [2.24, 2.45) is 0 Å². The number of hydrogen-bond donors (Lipinski definition) is 0. The lowest BCUT2D eigenvalue weighted by molar-refractivity contribution is 0.157. The van der Waals surface area contributed by atoms with Gasteiger partial charge in [0.25, 0.3) is 0 Å². The van der Waals surface area contributed by atoms with Crippen molar-refractivity contribution in [3.05, 3.63) is 59.7 Å². The summed E-state index contributed by atoms with van der Waals surface area (Å²) in [5.74, 6) is 0. The molecule has 2 aromatic rings. The Bertz CT molecular complexity index is 744. The minimum Gasteiger partial charge on any atom is -0.383 e. The van der Waals surface area contributed by atoms with Gasteiger partial charge in [-0.25, -0.2) is 0 Å². The lowest BCUT2D eigenvalue weighted by Gasteiger charge is -2.45. The van der Waals surface area contributed by atoms with Crippen molar-refractivity contribution >= 4 is 8.56 Å². The van der Waals surface area contributed by atoms with E-state index in [1.807, 2.05) is 0 Å². The van der Waals surface area contributed by atoms with E-state index in [9.17, 15) is 0 Å². The highest BCUT2D eigenvalue weighted by Crippen LogP contribution is 2.64. The molecule has 3 heteroatoms. The fraction of sp³-hybridized carbons (Fsp3) is 0.455. The van der Waals surface area contributed by atoms with Crippen molar-refractivity contribution < 1.29 is 8.85 Å². The van der Waals surface area contributed by atoms with Gasteiger partial charge in [0.1, 0.15) is 12.2 Å². The quantitative estimate of drug-likeness (QED) is 0.501. The van der Waals surface area contributed by atoms with Crippen LogP contribution in [0.15, 0.2) is 48.5 Å². The molecule has 0 aromatic heterocycles. The van der Waals surface area contributed by atoms with Gasteiger partial charge in [-0.05, 0) is 22.3 Å². The van der Waals surface area contributed by atoms with Crippen LogP contribution in [0, 0.1) is 0 Å². The van der Waals surface area contributed by atoms with Gasteiger partial charge in [0.2, 0.25) is 0 Å². The summed E-state index contributed by atoms with van der Waals surface area (Å²) in [6.45, 7) is 13.7. The molecular formula is C22H28O2Si. The van der Waals surface area contributed by atoms with Crippen molar-refractivity contribution in [3.63, 3.8) is 0 Å². The normalized spacial score (nSPS) is 24.4. The Kier molecular flexibility index (Phi) is 3.60. The molecule has 2 nitrogen and oxygen atoms in total. The van der Waals surface area contributed by atoms with E-state index < -0.39 is 8.56 Å². The summed E-state index contributed by atoms with van der Waals surface area (Å²) in [6.07, 6.45) is -0.00701. The predicted molar refractivity (Wildman–Crippen MR) is 105 cm³/mol. The van der Waals surface area contributed by atoms with E-state index in [4.69, 9.17) is 8.85 Å². The van der Waals surface area contributed by atoms with Gasteiger partial charge in [0, 0.05) is 10.1 Å². The van der Waals surface area contributed by atoms with E-state index in [0.29, 0.717) is 0 Å². The molecule has 0 amide bonds. The Balaban J connectivity index is 1.94. The average Bonchev–Trinajstić information content (AvgIpc) is 2.97. The Labute approximate surface area is 152 Å². The van der Waals surface area contributed by atoms with Crippen molar-refractivity contribution in [1.29, 1.82) is 0 Å². The lowest BCUT2D eigenvalue weighted by Crippen LogP contribution is -2.53. The first-order valence-corrected chi connectivity index (χ1v) is 11.0. The molecule has 0 unspecified atom stereocenters. The van der Waals surface area contributed by atoms with E-state index in [-0.39, 0.29) is 22.3 Å². The Hall–Kier alpha value is -1.42. The van der Waals surface area contributed by atoms with E-state index in [2.05, 4.69) is 90.1 Å². The number of rotatable bonds is 0. The average molecular weight is 353 g/mol. The third kappa shape index (κ3) is 2.29. The summed E-state index contributed by atoms with van der Waals surface area (Å²) in [5, 5.41) is -0.0149. The maximum Gasteiger partial charge on any atom is 0.350 e. The van der Waals surface area contributed by atoms with Gasteiger partial charge in [-0.1, -0.05) is 90.1 Å². The predicted octanol–water partition coefficient (Wildman–Crippen LogP) is 6.54. The molecule has 0 spiro atoms. The summed E-state index contributed by atoms with van der Waals surface area (Å²) in [5.41, 5.74) is 5.12. The first kappa shape index (κ1) is 17.0. The van der Waals surface area contributed by atoms with Crippen molar-refractivity contribution in [2.75, 3.05) is 0 Å². The molecule has 0 saturated carbocycles. The summed E-state index contributed by atoms with van der Waals surface area (Å²) in [7, 11) is -2.50. The summed E-state index contributed by atoms with van der Waals surface area (Å²) in [6, 6.07) is 17.3. The molecule has 0 N–H and O–H groups in total. The molecule has 2 aliphatic rings. The second-order valence-electron chi connectivity index (χ2n) is 9.37. The van der Waals surface area contributed by atoms with Gasteiger partial charge >= 0.3 is 8.56 Å². The molecule has 2 aromatic carbocycles. The molecule has 1 aliphatic carbocycles. The number of hydrogen-bond acceptors (Lipinski definition) is 2. The van der Waals surface area contributed by atoms with Crippen molar-refractivity contribution in [1.82, 2.24) is 0 Å². The highest BCUT2D eigenvalue weighted by molar-refractivity contribution is 6.74. The Morgan fingerprint density at radius 1 is 0.640 bits per heavy atom. The standard InChI is InChI=1S/C22H28O2Si/c1-21(2,3)25(22(4,5)6)23-19-17-13-9-7-11-15(17)16-12-8-10-14-18(16)20(19)24-25/h7-14,19-20H,1-6H3/t19-,20+. The molecule has 4 rings (SSSR count).